The van der Waals surface area contributed by atoms with Gasteiger partial charge >= 0.3 is 0 Å². The Labute approximate surface area is 161 Å². The van der Waals surface area contributed by atoms with Crippen molar-refractivity contribution in [2.75, 3.05) is 26.2 Å². The van der Waals surface area contributed by atoms with Gasteiger partial charge in [-0.15, -0.1) is 0 Å². The van der Waals surface area contributed by atoms with E-state index < -0.39 is 0 Å². The average molecular weight is 365 g/mol. The van der Waals surface area contributed by atoms with Crippen molar-refractivity contribution in [3.8, 4) is 0 Å². The van der Waals surface area contributed by atoms with Crippen LogP contribution in [0.15, 0.2) is 48.7 Å². The molecule has 2 amide bonds. The van der Waals surface area contributed by atoms with Gasteiger partial charge in [-0.2, -0.15) is 0 Å². The van der Waals surface area contributed by atoms with E-state index in [0.717, 1.165) is 12.8 Å². The zero-order valence-electron chi connectivity index (χ0n) is 16.1. The maximum Gasteiger partial charge on any atom is 0.272 e. The molecule has 1 fully saturated rings. The molecule has 0 saturated carbocycles. The molecule has 0 bridgehead atoms. The van der Waals surface area contributed by atoms with E-state index in [1.165, 1.54) is 5.56 Å². The Bertz CT molecular complexity index is 772. The summed E-state index contributed by atoms with van der Waals surface area (Å²) in [6.07, 6.45) is 3.42. The molecule has 27 heavy (non-hydrogen) atoms. The Balaban J connectivity index is 1.62. The third-order valence-electron chi connectivity index (χ3n) is 4.80. The molecule has 1 aromatic heterocycles. The molecule has 0 spiro atoms. The van der Waals surface area contributed by atoms with Crippen LogP contribution < -0.4 is 0 Å². The van der Waals surface area contributed by atoms with Crippen LogP contribution >= 0.6 is 0 Å². The number of hydrogen-bond donors (Lipinski definition) is 0. The molecule has 0 unspecified atom stereocenters. The fraction of sp³-hybridized carbons (Fsp3) is 0.409. The van der Waals surface area contributed by atoms with E-state index >= 15 is 0 Å². The lowest BCUT2D eigenvalue weighted by Gasteiger charge is -2.22. The zero-order valence-corrected chi connectivity index (χ0v) is 16.1. The molecule has 1 saturated heterocycles. The van der Waals surface area contributed by atoms with Crippen molar-refractivity contribution in [3.05, 3.63) is 65.5 Å². The Morgan fingerprint density at radius 2 is 1.59 bits per heavy atom. The molecule has 1 aromatic carbocycles. The standard InChI is InChI=1S/C22H27N3O2/c1-17(2)16-18-7-9-19(10-8-18)21(26)24-12-5-13-25(15-14-24)22(27)20-6-3-4-11-23-20/h3-4,6-11,17H,5,12-16H2,1-2H3. The van der Waals surface area contributed by atoms with Gasteiger partial charge in [-0.1, -0.05) is 32.0 Å². The highest BCUT2D eigenvalue weighted by Crippen LogP contribution is 2.14. The van der Waals surface area contributed by atoms with Gasteiger partial charge in [0.15, 0.2) is 0 Å². The van der Waals surface area contributed by atoms with Crippen LogP contribution in [0.5, 0.6) is 0 Å². The summed E-state index contributed by atoms with van der Waals surface area (Å²) in [4.78, 5) is 33.2. The molecule has 0 N–H and O–H groups in total. The number of nitrogens with zero attached hydrogens (tertiary/aromatic N) is 3. The zero-order chi connectivity index (χ0) is 19.2. The van der Waals surface area contributed by atoms with Gasteiger partial charge in [0.1, 0.15) is 5.69 Å². The maximum absolute atomic E-state index is 12.8. The fourth-order valence-corrected chi connectivity index (χ4v) is 3.41. The van der Waals surface area contributed by atoms with Gasteiger partial charge in [0.2, 0.25) is 0 Å². The second kappa shape index (κ2) is 8.80. The topological polar surface area (TPSA) is 53.5 Å². The summed E-state index contributed by atoms with van der Waals surface area (Å²) in [5.74, 6) is 0.570. The second-order valence-electron chi connectivity index (χ2n) is 7.45. The number of carbonyl (C=O) groups is 2. The molecule has 5 heteroatoms. The van der Waals surface area contributed by atoms with Gasteiger partial charge in [-0.25, -0.2) is 0 Å². The van der Waals surface area contributed by atoms with Crippen LogP contribution in [-0.4, -0.2) is 52.8 Å². The van der Waals surface area contributed by atoms with Crippen LogP contribution in [-0.2, 0) is 6.42 Å². The lowest BCUT2D eigenvalue weighted by Crippen LogP contribution is -2.37. The molecular weight excluding hydrogens is 338 g/mol. The number of amides is 2. The number of rotatable bonds is 4. The number of carbonyl (C=O) groups excluding carboxylic acids is 2. The summed E-state index contributed by atoms with van der Waals surface area (Å²) in [6.45, 7) is 6.77. The monoisotopic (exact) mass is 365 g/mol. The minimum Gasteiger partial charge on any atom is -0.337 e. The van der Waals surface area contributed by atoms with Crippen LogP contribution in [0.25, 0.3) is 0 Å². The molecule has 3 rings (SSSR count). The smallest absolute Gasteiger partial charge is 0.272 e. The van der Waals surface area contributed by atoms with Crippen molar-refractivity contribution < 1.29 is 9.59 Å². The van der Waals surface area contributed by atoms with Gasteiger partial charge in [-0.05, 0) is 48.6 Å². The Morgan fingerprint density at radius 1 is 0.926 bits per heavy atom. The first kappa shape index (κ1) is 19.1. The highest BCUT2D eigenvalue weighted by molar-refractivity contribution is 5.94. The number of hydrogen-bond acceptors (Lipinski definition) is 3. The van der Waals surface area contributed by atoms with Crippen LogP contribution in [0.1, 0.15) is 46.7 Å². The summed E-state index contributed by atoms with van der Waals surface area (Å²) in [5.41, 5.74) is 2.43. The molecule has 0 radical (unpaired) electrons. The summed E-state index contributed by atoms with van der Waals surface area (Å²) >= 11 is 0. The molecule has 2 aromatic rings. The predicted molar refractivity (Wildman–Crippen MR) is 106 cm³/mol. The molecule has 1 aliphatic heterocycles. The summed E-state index contributed by atoms with van der Waals surface area (Å²) in [5, 5.41) is 0. The predicted octanol–water partition coefficient (Wildman–Crippen LogP) is 3.27. The number of aromatic nitrogens is 1. The Hall–Kier alpha value is -2.69. The summed E-state index contributed by atoms with van der Waals surface area (Å²) in [7, 11) is 0. The van der Waals surface area contributed by atoms with E-state index in [0.29, 0.717) is 43.4 Å². The third-order valence-corrected chi connectivity index (χ3v) is 4.80. The molecular formula is C22H27N3O2. The number of benzene rings is 1. The minimum atomic E-state index is -0.0667. The maximum atomic E-state index is 12.8. The second-order valence-corrected chi connectivity index (χ2v) is 7.45. The van der Waals surface area contributed by atoms with Gasteiger partial charge in [-0.3, -0.25) is 14.6 Å². The first-order chi connectivity index (χ1) is 13.0. The highest BCUT2D eigenvalue weighted by Gasteiger charge is 2.24. The SMILES string of the molecule is CC(C)Cc1ccc(C(=O)N2CCCN(C(=O)c3ccccn3)CC2)cc1. The summed E-state index contributed by atoms with van der Waals surface area (Å²) < 4.78 is 0. The number of pyridine rings is 1. The van der Waals surface area contributed by atoms with E-state index in [2.05, 4.69) is 18.8 Å². The lowest BCUT2D eigenvalue weighted by molar-refractivity contribution is 0.0715. The van der Waals surface area contributed by atoms with E-state index in [1.807, 2.05) is 35.2 Å². The van der Waals surface area contributed by atoms with Crippen molar-refractivity contribution >= 4 is 11.8 Å². The van der Waals surface area contributed by atoms with Crippen molar-refractivity contribution in [3.63, 3.8) is 0 Å². The van der Waals surface area contributed by atoms with E-state index in [9.17, 15) is 9.59 Å². The van der Waals surface area contributed by atoms with Crippen molar-refractivity contribution in [2.24, 2.45) is 5.92 Å². The van der Waals surface area contributed by atoms with Crippen molar-refractivity contribution in [2.45, 2.75) is 26.7 Å². The molecule has 0 atom stereocenters. The molecule has 0 aliphatic carbocycles. The van der Waals surface area contributed by atoms with Crippen LogP contribution in [0, 0.1) is 5.92 Å². The van der Waals surface area contributed by atoms with E-state index in [-0.39, 0.29) is 11.8 Å². The van der Waals surface area contributed by atoms with E-state index in [1.54, 1.807) is 23.2 Å². The summed E-state index contributed by atoms with van der Waals surface area (Å²) in [6, 6.07) is 13.3. The van der Waals surface area contributed by atoms with Gasteiger partial charge in [0.25, 0.3) is 11.8 Å². The van der Waals surface area contributed by atoms with Crippen LogP contribution in [0.4, 0.5) is 0 Å². The fourth-order valence-electron chi connectivity index (χ4n) is 3.41. The van der Waals surface area contributed by atoms with Crippen LogP contribution in [0.2, 0.25) is 0 Å². The molecule has 5 nitrogen and oxygen atoms in total. The van der Waals surface area contributed by atoms with Crippen molar-refractivity contribution in [1.29, 1.82) is 0 Å². The van der Waals surface area contributed by atoms with E-state index in [4.69, 9.17) is 0 Å². The Morgan fingerprint density at radius 3 is 2.19 bits per heavy atom. The van der Waals surface area contributed by atoms with Gasteiger partial charge < -0.3 is 9.80 Å². The Kier molecular flexibility index (Phi) is 6.22. The van der Waals surface area contributed by atoms with Crippen molar-refractivity contribution in [1.82, 2.24) is 14.8 Å². The average Bonchev–Trinajstić information content (AvgIpc) is 2.94. The largest absolute Gasteiger partial charge is 0.337 e. The first-order valence-electron chi connectivity index (χ1n) is 9.63. The highest BCUT2D eigenvalue weighted by atomic mass is 16.2. The molecule has 2 heterocycles. The lowest BCUT2D eigenvalue weighted by atomic mass is 10.0. The van der Waals surface area contributed by atoms with Gasteiger partial charge in [0, 0.05) is 37.9 Å². The minimum absolute atomic E-state index is 0.0400. The first-order valence-corrected chi connectivity index (χ1v) is 9.63. The van der Waals surface area contributed by atoms with Gasteiger partial charge in [0.05, 0.1) is 0 Å². The molecule has 142 valence electrons. The normalized spacial score (nSPS) is 14.9. The van der Waals surface area contributed by atoms with Crippen LogP contribution in [0.3, 0.4) is 0 Å². The third kappa shape index (κ3) is 4.94. The molecule has 1 aliphatic rings. The quantitative estimate of drug-likeness (QED) is 0.836.